The lowest BCUT2D eigenvalue weighted by Gasteiger charge is -2.35. The summed E-state index contributed by atoms with van der Waals surface area (Å²) in [6, 6.07) is 9.04. The summed E-state index contributed by atoms with van der Waals surface area (Å²) in [5, 5.41) is 3.49. The Kier molecular flexibility index (Phi) is 5.40. The van der Waals surface area contributed by atoms with Crippen LogP contribution in [0.25, 0.3) is 0 Å². The summed E-state index contributed by atoms with van der Waals surface area (Å²) < 4.78 is 5.54. The van der Waals surface area contributed by atoms with Gasteiger partial charge in [0.2, 0.25) is 0 Å². The van der Waals surface area contributed by atoms with Gasteiger partial charge in [0.1, 0.15) is 5.75 Å². The molecule has 1 fully saturated rings. The first-order chi connectivity index (χ1) is 9.67. The Morgan fingerprint density at radius 2 is 2.00 bits per heavy atom. The third kappa shape index (κ3) is 3.32. The number of nitrogens with zero attached hydrogens (tertiary/aromatic N) is 2. The highest BCUT2D eigenvalue weighted by Gasteiger charge is 2.30. The van der Waals surface area contributed by atoms with Gasteiger partial charge < -0.3 is 19.9 Å². The van der Waals surface area contributed by atoms with Gasteiger partial charge in [0.05, 0.1) is 13.2 Å². The lowest BCUT2D eigenvalue weighted by atomic mass is 9.97. The summed E-state index contributed by atoms with van der Waals surface area (Å²) in [6.45, 7) is 3.38. The molecule has 2 unspecified atom stereocenters. The predicted octanol–water partition coefficient (Wildman–Crippen LogP) is 1.59. The SMILES string of the molecule is CNC(c1ccccc1OC)C1CN(C)CCCN1C. The molecular weight excluding hydrogens is 250 g/mol. The van der Waals surface area contributed by atoms with Gasteiger partial charge in [-0.25, -0.2) is 0 Å². The van der Waals surface area contributed by atoms with Gasteiger partial charge in [0.15, 0.2) is 0 Å². The van der Waals surface area contributed by atoms with Crippen molar-refractivity contribution in [3.63, 3.8) is 0 Å². The first-order valence-electron chi connectivity index (χ1n) is 7.36. The van der Waals surface area contributed by atoms with E-state index >= 15 is 0 Å². The lowest BCUT2D eigenvalue weighted by molar-refractivity contribution is 0.181. The number of methoxy groups -OCH3 is 1. The second kappa shape index (κ2) is 7.07. The summed E-state index contributed by atoms with van der Waals surface area (Å²) in [5.74, 6) is 0.965. The van der Waals surface area contributed by atoms with E-state index in [0.717, 1.165) is 18.8 Å². The first kappa shape index (κ1) is 15.3. The van der Waals surface area contributed by atoms with Crippen LogP contribution in [0.5, 0.6) is 5.75 Å². The molecule has 1 aromatic rings. The van der Waals surface area contributed by atoms with Crippen molar-refractivity contribution in [2.45, 2.75) is 18.5 Å². The van der Waals surface area contributed by atoms with Gasteiger partial charge >= 0.3 is 0 Å². The van der Waals surface area contributed by atoms with Crippen molar-refractivity contribution < 1.29 is 4.74 Å². The third-order valence-corrected chi connectivity index (χ3v) is 4.29. The fourth-order valence-electron chi connectivity index (χ4n) is 3.14. The topological polar surface area (TPSA) is 27.7 Å². The van der Waals surface area contributed by atoms with E-state index in [2.05, 4.69) is 41.3 Å². The zero-order valence-electron chi connectivity index (χ0n) is 13.1. The maximum Gasteiger partial charge on any atom is 0.123 e. The van der Waals surface area contributed by atoms with Crippen molar-refractivity contribution in [3.8, 4) is 5.75 Å². The van der Waals surface area contributed by atoms with Crippen LogP contribution in [-0.2, 0) is 0 Å². The van der Waals surface area contributed by atoms with E-state index in [1.807, 2.05) is 19.2 Å². The van der Waals surface area contributed by atoms with Gasteiger partial charge in [-0.15, -0.1) is 0 Å². The minimum absolute atomic E-state index is 0.275. The summed E-state index contributed by atoms with van der Waals surface area (Å²) in [4.78, 5) is 4.89. The van der Waals surface area contributed by atoms with Crippen LogP contribution in [0.15, 0.2) is 24.3 Å². The zero-order valence-corrected chi connectivity index (χ0v) is 13.1. The standard InChI is InChI=1S/C16H27N3O/c1-17-16(13-8-5-6-9-15(13)20-4)14-12-18(2)10-7-11-19(14)3/h5-6,8-9,14,16-17H,7,10-12H2,1-4H3. The van der Waals surface area contributed by atoms with Crippen LogP contribution in [0.4, 0.5) is 0 Å². The summed E-state index contributed by atoms with van der Waals surface area (Å²) in [5.41, 5.74) is 1.24. The monoisotopic (exact) mass is 277 g/mol. The Balaban J connectivity index is 2.29. The Labute approximate surface area is 122 Å². The summed E-state index contributed by atoms with van der Waals surface area (Å²) >= 11 is 0. The van der Waals surface area contributed by atoms with Crippen molar-refractivity contribution in [2.24, 2.45) is 0 Å². The van der Waals surface area contributed by atoms with E-state index in [-0.39, 0.29) is 6.04 Å². The van der Waals surface area contributed by atoms with Crippen LogP contribution in [0.2, 0.25) is 0 Å². The molecule has 0 radical (unpaired) electrons. The average Bonchev–Trinajstić information content (AvgIpc) is 2.62. The first-order valence-corrected chi connectivity index (χ1v) is 7.36. The molecule has 112 valence electrons. The Bertz CT molecular complexity index is 424. The zero-order chi connectivity index (χ0) is 14.5. The molecule has 0 bridgehead atoms. The van der Waals surface area contributed by atoms with Gasteiger partial charge in [-0.1, -0.05) is 18.2 Å². The molecule has 1 saturated heterocycles. The van der Waals surface area contributed by atoms with Crippen LogP contribution in [0.3, 0.4) is 0 Å². The Morgan fingerprint density at radius 3 is 2.70 bits per heavy atom. The van der Waals surface area contributed by atoms with E-state index in [0.29, 0.717) is 6.04 Å². The molecule has 0 amide bonds. The molecule has 0 saturated carbocycles. The maximum atomic E-state index is 5.54. The molecular formula is C16H27N3O. The second-order valence-corrected chi connectivity index (χ2v) is 5.67. The van der Waals surface area contributed by atoms with Gasteiger partial charge in [0.25, 0.3) is 0 Å². The second-order valence-electron chi connectivity index (χ2n) is 5.67. The average molecular weight is 277 g/mol. The molecule has 4 nitrogen and oxygen atoms in total. The smallest absolute Gasteiger partial charge is 0.123 e. The van der Waals surface area contributed by atoms with Crippen molar-refractivity contribution in [1.82, 2.24) is 15.1 Å². The number of rotatable bonds is 4. The number of nitrogens with one attached hydrogen (secondary N) is 1. The number of benzene rings is 1. The van der Waals surface area contributed by atoms with Crippen molar-refractivity contribution in [1.29, 1.82) is 0 Å². The third-order valence-electron chi connectivity index (χ3n) is 4.29. The number of para-hydroxylation sites is 1. The number of hydrogen-bond donors (Lipinski definition) is 1. The molecule has 4 heteroatoms. The molecule has 0 spiro atoms. The molecule has 2 rings (SSSR count). The normalized spacial score (nSPS) is 23.3. The minimum atomic E-state index is 0.275. The van der Waals surface area contributed by atoms with Gasteiger partial charge in [-0.2, -0.15) is 0 Å². The van der Waals surface area contributed by atoms with Crippen LogP contribution in [0, 0.1) is 0 Å². The Morgan fingerprint density at radius 1 is 1.25 bits per heavy atom. The van der Waals surface area contributed by atoms with Crippen LogP contribution in [-0.4, -0.2) is 63.7 Å². The molecule has 20 heavy (non-hydrogen) atoms. The van der Waals surface area contributed by atoms with Crippen LogP contribution < -0.4 is 10.1 Å². The lowest BCUT2D eigenvalue weighted by Crippen LogP contribution is -2.46. The molecule has 1 heterocycles. The number of hydrogen-bond acceptors (Lipinski definition) is 4. The highest BCUT2D eigenvalue weighted by molar-refractivity contribution is 5.37. The molecule has 1 aromatic carbocycles. The number of ether oxygens (including phenoxy) is 1. The molecule has 2 atom stereocenters. The van der Waals surface area contributed by atoms with E-state index in [1.54, 1.807) is 7.11 Å². The van der Waals surface area contributed by atoms with Crippen LogP contribution >= 0.6 is 0 Å². The Hall–Kier alpha value is -1.10. The predicted molar refractivity (Wildman–Crippen MR) is 83.3 cm³/mol. The minimum Gasteiger partial charge on any atom is -0.496 e. The summed E-state index contributed by atoms with van der Waals surface area (Å²) in [6.07, 6.45) is 1.23. The number of likely N-dealkylation sites (N-methyl/N-ethyl adjacent to an activating group) is 3. The van der Waals surface area contributed by atoms with Crippen molar-refractivity contribution >= 4 is 0 Å². The van der Waals surface area contributed by atoms with Gasteiger partial charge in [0, 0.05) is 18.2 Å². The van der Waals surface area contributed by atoms with Crippen LogP contribution in [0.1, 0.15) is 18.0 Å². The van der Waals surface area contributed by atoms with E-state index in [4.69, 9.17) is 4.74 Å². The fourth-order valence-corrected chi connectivity index (χ4v) is 3.14. The van der Waals surface area contributed by atoms with Gasteiger partial charge in [-0.3, -0.25) is 0 Å². The molecule has 0 aromatic heterocycles. The summed E-state index contributed by atoms with van der Waals surface area (Å²) in [7, 11) is 8.22. The molecule has 1 N–H and O–H groups in total. The van der Waals surface area contributed by atoms with Gasteiger partial charge in [-0.05, 0) is 46.7 Å². The van der Waals surface area contributed by atoms with Crippen molar-refractivity contribution in [2.75, 3.05) is 47.9 Å². The largest absolute Gasteiger partial charge is 0.496 e. The van der Waals surface area contributed by atoms with E-state index < -0.39 is 0 Å². The molecule has 0 aliphatic carbocycles. The van der Waals surface area contributed by atoms with E-state index in [1.165, 1.54) is 18.5 Å². The van der Waals surface area contributed by atoms with Crippen molar-refractivity contribution in [3.05, 3.63) is 29.8 Å². The molecule has 1 aliphatic heterocycles. The molecule has 1 aliphatic rings. The highest BCUT2D eigenvalue weighted by atomic mass is 16.5. The van der Waals surface area contributed by atoms with E-state index in [9.17, 15) is 0 Å². The quantitative estimate of drug-likeness (QED) is 0.904. The highest BCUT2D eigenvalue weighted by Crippen LogP contribution is 2.29. The maximum absolute atomic E-state index is 5.54. The fraction of sp³-hybridized carbons (Fsp3) is 0.625.